The lowest BCUT2D eigenvalue weighted by Crippen LogP contribution is -2.58. The average Bonchev–Trinajstić information content (AvgIpc) is 2.27. The summed E-state index contributed by atoms with van der Waals surface area (Å²) in [6.07, 6.45) is 1.24. The number of rotatable bonds is 1. The van der Waals surface area contributed by atoms with Crippen molar-refractivity contribution in [2.45, 2.75) is 37.5 Å². The van der Waals surface area contributed by atoms with E-state index in [1.165, 1.54) is 12.1 Å². The lowest BCUT2D eigenvalue weighted by atomic mass is 9.76. The molecular weight excluding hydrogens is 233 g/mol. The average molecular weight is 251 g/mol. The molecule has 2 bridgehead atoms. The highest BCUT2D eigenvalue weighted by atomic mass is 19.1. The summed E-state index contributed by atoms with van der Waals surface area (Å²) in [5.41, 5.74) is 0.808. The highest BCUT2D eigenvalue weighted by Gasteiger charge is 2.42. The lowest BCUT2D eigenvalue weighted by Gasteiger charge is -2.45. The van der Waals surface area contributed by atoms with Crippen molar-refractivity contribution in [3.8, 4) is 0 Å². The van der Waals surface area contributed by atoms with Crippen LogP contribution in [0, 0.1) is 12.7 Å². The number of benzene rings is 1. The Kier molecular flexibility index (Phi) is 2.88. The Hall–Kier alpha value is -0.970. The molecule has 0 amide bonds. The first kappa shape index (κ1) is 12.1. The molecule has 0 aromatic heterocycles. The van der Waals surface area contributed by atoms with E-state index in [1.807, 2.05) is 6.92 Å². The molecule has 98 valence electrons. The Morgan fingerprint density at radius 1 is 1.33 bits per heavy atom. The van der Waals surface area contributed by atoms with E-state index in [0.29, 0.717) is 26.1 Å². The molecule has 0 spiro atoms. The summed E-state index contributed by atoms with van der Waals surface area (Å²) in [7, 11) is 0. The van der Waals surface area contributed by atoms with Gasteiger partial charge in [-0.25, -0.2) is 4.39 Å². The second kappa shape index (κ2) is 4.30. The zero-order valence-electron chi connectivity index (χ0n) is 10.4. The maximum atomic E-state index is 13.2. The number of aliphatic hydroxyl groups is 1. The molecule has 3 rings (SSSR count). The van der Waals surface area contributed by atoms with Gasteiger partial charge in [0.2, 0.25) is 0 Å². The van der Waals surface area contributed by atoms with Crippen LogP contribution >= 0.6 is 0 Å². The lowest BCUT2D eigenvalue weighted by molar-refractivity contribution is -0.0805. The summed E-state index contributed by atoms with van der Waals surface area (Å²) >= 11 is 0. The summed E-state index contributed by atoms with van der Waals surface area (Å²) in [4.78, 5) is 0. The van der Waals surface area contributed by atoms with E-state index < -0.39 is 5.60 Å². The van der Waals surface area contributed by atoms with E-state index >= 15 is 0 Å². The highest BCUT2D eigenvalue weighted by molar-refractivity contribution is 5.33. The zero-order chi connectivity index (χ0) is 12.8. The molecule has 2 aliphatic heterocycles. The Balaban J connectivity index is 1.94. The molecule has 18 heavy (non-hydrogen) atoms. The molecule has 3 nitrogen and oxygen atoms in total. The molecule has 1 aromatic carbocycles. The van der Waals surface area contributed by atoms with Crippen LogP contribution in [0.4, 0.5) is 4.39 Å². The van der Waals surface area contributed by atoms with Gasteiger partial charge in [-0.3, -0.25) is 0 Å². The molecule has 2 unspecified atom stereocenters. The number of hydrogen-bond donors (Lipinski definition) is 2. The SMILES string of the molecule is Cc1cc(F)ccc1C1(O)CC2COCC(C1)N2. The second-order valence-electron chi connectivity index (χ2n) is 5.50. The van der Waals surface area contributed by atoms with Gasteiger partial charge in [-0.1, -0.05) is 6.07 Å². The van der Waals surface area contributed by atoms with Crippen LogP contribution in [0.3, 0.4) is 0 Å². The zero-order valence-corrected chi connectivity index (χ0v) is 10.4. The molecule has 4 heteroatoms. The van der Waals surface area contributed by atoms with Crippen LogP contribution < -0.4 is 5.32 Å². The smallest absolute Gasteiger partial charge is 0.123 e. The van der Waals surface area contributed by atoms with Crippen LogP contribution in [0.15, 0.2) is 18.2 Å². The number of nitrogens with one attached hydrogen (secondary N) is 1. The van der Waals surface area contributed by atoms with Gasteiger partial charge in [0, 0.05) is 12.1 Å². The third kappa shape index (κ3) is 2.05. The van der Waals surface area contributed by atoms with Crippen molar-refractivity contribution in [2.24, 2.45) is 0 Å². The molecule has 2 saturated heterocycles. The van der Waals surface area contributed by atoms with E-state index in [4.69, 9.17) is 4.74 Å². The Morgan fingerprint density at radius 2 is 2.00 bits per heavy atom. The number of halogens is 1. The van der Waals surface area contributed by atoms with Crippen molar-refractivity contribution < 1.29 is 14.2 Å². The van der Waals surface area contributed by atoms with Gasteiger partial charge in [0.15, 0.2) is 0 Å². The van der Waals surface area contributed by atoms with E-state index in [-0.39, 0.29) is 17.9 Å². The van der Waals surface area contributed by atoms with Gasteiger partial charge in [-0.2, -0.15) is 0 Å². The van der Waals surface area contributed by atoms with E-state index in [0.717, 1.165) is 11.1 Å². The highest BCUT2D eigenvalue weighted by Crippen LogP contribution is 2.38. The van der Waals surface area contributed by atoms with Gasteiger partial charge in [0.05, 0.1) is 18.8 Å². The molecule has 0 saturated carbocycles. The Bertz CT molecular complexity index is 451. The van der Waals surface area contributed by atoms with Gasteiger partial charge in [0.1, 0.15) is 5.82 Å². The molecule has 2 heterocycles. The molecular formula is C14H18FNO2. The number of hydrogen-bond acceptors (Lipinski definition) is 3. The normalized spacial score (nSPS) is 35.5. The van der Waals surface area contributed by atoms with Crippen LogP contribution in [-0.2, 0) is 10.3 Å². The fraction of sp³-hybridized carbons (Fsp3) is 0.571. The van der Waals surface area contributed by atoms with Crippen molar-refractivity contribution >= 4 is 0 Å². The first-order valence-corrected chi connectivity index (χ1v) is 6.40. The van der Waals surface area contributed by atoms with Crippen LogP contribution in [0.5, 0.6) is 0 Å². The van der Waals surface area contributed by atoms with E-state index in [2.05, 4.69) is 5.32 Å². The van der Waals surface area contributed by atoms with Crippen LogP contribution in [0.25, 0.3) is 0 Å². The minimum Gasteiger partial charge on any atom is -0.385 e. The van der Waals surface area contributed by atoms with Crippen LogP contribution in [0.1, 0.15) is 24.0 Å². The number of fused-ring (bicyclic) bond motifs is 2. The monoisotopic (exact) mass is 251 g/mol. The van der Waals surface area contributed by atoms with Crippen LogP contribution in [-0.4, -0.2) is 30.4 Å². The maximum Gasteiger partial charge on any atom is 0.123 e. The minimum atomic E-state index is -0.859. The molecule has 2 aliphatic rings. The molecule has 1 aromatic rings. The van der Waals surface area contributed by atoms with Crippen molar-refractivity contribution in [1.29, 1.82) is 0 Å². The summed E-state index contributed by atoms with van der Waals surface area (Å²) in [6, 6.07) is 5.00. The third-order valence-electron chi connectivity index (χ3n) is 3.97. The minimum absolute atomic E-state index is 0.187. The quantitative estimate of drug-likeness (QED) is 0.794. The largest absolute Gasteiger partial charge is 0.385 e. The van der Waals surface area contributed by atoms with E-state index in [1.54, 1.807) is 6.07 Å². The molecule has 0 aliphatic carbocycles. The van der Waals surface area contributed by atoms with Gasteiger partial charge in [0.25, 0.3) is 0 Å². The predicted molar refractivity (Wildman–Crippen MR) is 65.8 cm³/mol. The van der Waals surface area contributed by atoms with Gasteiger partial charge >= 0.3 is 0 Å². The summed E-state index contributed by atoms with van der Waals surface area (Å²) in [5, 5.41) is 14.4. The summed E-state index contributed by atoms with van der Waals surface area (Å²) in [5.74, 6) is -0.252. The van der Waals surface area contributed by atoms with Gasteiger partial charge in [-0.05, 0) is 43.0 Å². The van der Waals surface area contributed by atoms with Crippen molar-refractivity contribution in [2.75, 3.05) is 13.2 Å². The molecule has 0 radical (unpaired) electrons. The second-order valence-corrected chi connectivity index (χ2v) is 5.50. The van der Waals surface area contributed by atoms with Gasteiger partial charge < -0.3 is 15.2 Å². The predicted octanol–water partition coefficient (Wildman–Crippen LogP) is 1.47. The van der Waals surface area contributed by atoms with Crippen LogP contribution in [0.2, 0.25) is 0 Å². The number of ether oxygens (including phenoxy) is 1. The summed E-state index contributed by atoms with van der Waals surface area (Å²) < 4.78 is 18.6. The third-order valence-corrected chi connectivity index (χ3v) is 3.97. The first-order valence-electron chi connectivity index (χ1n) is 6.40. The van der Waals surface area contributed by atoms with Crippen molar-refractivity contribution in [1.82, 2.24) is 5.32 Å². The Morgan fingerprint density at radius 3 is 2.61 bits per heavy atom. The van der Waals surface area contributed by atoms with Crippen molar-refractivity contribution in [3.63, 3.8) is 0 Å². The molecule has 2 N–H and O–H groups in total. The van der Waals surface area contributed by atoms with Crippen molar-refractivity contribution in [3.05, 3.63) is 35.1 Å². The standard InChI is InChI=1S/C14H18FNO2/c1-9-4-10(15)2-3-13(9)14(17)5-11-7-18-8-12(6-14)16-11/h2-4,11-12,16-17H,5-8H2,1H3. The number of piperidine rings is 1. The first-order chi connectivity index (χ1) is 8.57. The number of aryl methyl sites for hydroxylation is 1. The Labute approximate surface area is 106 Å². The maximum absolute atomic E-state index is 13.2. The fourth-order valence-corrected chi connectivity index (χ4v) is 3.29. The molecule has 2 atom stereocenters. The fourth-order valence-electron chi connectivity index (χ4n) is 3.29. The number of morpholine rings is 1. The van der Waals surface area contributed by atoms with E-state index in [9.17, 15) is 9.50 Å². The summed E-state index contributed by atoms with van der Waals surface area (Å²) in [6.45, 7) is 3.13. The van der Waals surface area contributed by atoms with Gasteiger partial charge in [-0.15, -0.1) is 0 Å². The molecule has 2 fully saturated rings. The topological polar surface area (TPSA) is 41.5 Å².